The molecule has 62 valence electrons. The number of halogens is 1. The van der Waals surface area contributed by atoms with Crippen LogP contribution in [-0.2, 0) is 0 Å². The number of rotatable bonds is 2. The molecule has 1 atom stereocenters. The molecule has 1 rings (SSSR count). The first-order valence-corrected chi connectivity index (χ1v) is 4.57. The minimum Gasteiger partial charge on any atom is -0.322 e. The van der Waals surface area contributed by atoms with Crippen LogP contribution in [0.5, 0.6) is 0 Å². The van der Waals surface area contributed by atoms with Crippen molar-refractivity contribution in [3.63, 3.8) is 0 Å². The number of pyridine rings is 1. The highest BCUT2D eigenvalue weighted by Gasteiger charge is 2.05. The second-order valence-corrected chi connectivity index (χ2v) is 3.46. The molecule has 1 heterocycles. The lowest BCUT2D eigenvalue weighted by molar-refractivity contribution is 0.717. The van der Waals surface area contributed by atoms with Gasteiger partial charge in [-0.1, -0.05) is 6.07 Å². The van der Waals surface area contributed by atoms with Crippen molar-refractivity contribution in [1.82, 2.24) is 4.98 Å². The smallest absolute Gasteiger partial charge is 0.101 e. The lowest BCUT2D eigenvalue weighted by Crippen LogP contribution is -2.11. The van der Waals surface area contributed by atoms with E-state index in [-0.39, 0.29) is 6.04 Å². The molecule has 1 aromatic heterocycles. The highest BCUT2D eigenvalue weighted by atomic mass is 127. The van der Waals surface area contributed by atoms with Crippen LogP contribution in [0.4, 0.5) is 0 Å². The van der Waals surface area contributed by atoms with Crippen molar-refractivity contribution in [1.29, 1.82) is 5.26 Å². The van der Waals surface area contributed by atoms with Gasteiger partial charge in [0, 0.05) is 0 Å². The van der Waals surface area contributed by atoms with E-state index in [0.717, 1.165) is 9.39 Å². The summed E-state index contributed by atoms with van der Waals surface area (Å²) >= 11 is 2.12. The average Bonchev–Trinajstić information content (AvgIpc) is 2.05. The molecule has 0 radical (unpaired) electrons. The van der Waals surface area contributed by atoms with Gasteiger partial charge in [0.05, 0.1) is 24.2 Å². The van der Waals surface area contributed by atoms with Gasteiger partial charge in [0.15, 0.2) is 0 Å². The third-order valence-corrected chi connectivity index (χ3v) is 2.03. The van der Waals surface area contributed by atoms with E-state index < -0.39 is 0 Å². The lowest BCUT2D eigenvalue weighted by Gasteiger charge is -2.05. The average molecular weight is 273 g/mol. The molecule has 0 fully saturated rings. The van der Waals surface area contributed by atoms with E-state index in [4.69, 9.17) is 11.0 Å². The molecule has 1 aromatic rings. The third kappa shape index (κ3) is 2.43. The number of nitrogens with two attached hydrogens (primary N) is 1. The summed E-state index contributed by atoms with van der Waals surface area (Å²) in [5.41, 5.74) is 6.47. The first-order valence-electron chi connectivity index (χ1n) is 3.49. The van der Waals surface area contributed by atoms with E-state index in [1.165, 1.54) is 0 Å². The standard InChI is InChI=1S/C8H8IN3/c9-8-3-1-2-7(12-8)6(11)4-5-10/h1-3,6H,4,11H2/t6-/m0/s1. The predicted octanol–water partition coefficient (Wildman–Crippen LogP) is 1.60. The Hall–Kier alpha value is -0.670. The van der Waals surface area contributed by atoms with E-state index in [1.807, 2.05) is 24.3 Å². The predicted molar refractivity (Wildman–Crippen MR) is 54.1 cm³/mol. The number of aromatic nitrogens is 1. The molecule has 2 N–H and O–H groups in total. The summed E-state index contributed by atoms with van der Waals surface area (Å²) in [6, 6.07) is 7.38. The Morgan fingerprint density at radius 2 is 2.42 bits per heavy atom. The summed E-state index contributed by atoms with van der Waals surface area (Å²) in [4.78, 5) is 4.20. The Morgan fingerprint density at radius 1 is 1.67 bits per heavy atom. The lowest BCUT2D eigenvalue weighted by atomic mass is 10.1. The fourth-order valence-corrected chi connectivity index (χ4v) is 1.32. The molecule has 0 aromatic carbocycles. The minimum atomic E-state index is -0.260. The van der Waals surface area contributed by atoms with Crippen molar-refractivity contribution in [2.75, 3.05) is 0 Å². The van der Waals surface area contributed by atoms with Crippen LogP contribution in [0.15, 0.2) is 18.2 Å². The van der Waals surface area contributed by atoms with Gasteiger partial charge in [-0.15, -0.1) is 0 Å². The Labute approximate surface area is 84.7 Å². The number of nitriles is 1. The highest BCUT2D eigenvalue weighted by molar-refractivity contribution is 14.1. The molecule has 0 saturated carbocycles. The molecular formula is C8H8IN3. The molecule has 0 aliphatic carbocycles. The number of hydrogen-bond donors (Lipinski definition) is 1. The highest BCUT2D eigenvalue weighted by Crippen LogP contribution is 2.11. The van der Waals surface area contributed by atoms with E-state index in [9.17, 15) is 0 Å². The second-order valence-electron chi connectivity index (χ2n) is 2.35. The maximum Gasteiger partial charge on any atom is 0.101 e. The van der Waals surface area contributed by atoms with Crippen molar-refractivity contribution >= 4 is 22.6 Å². The monoisotopic (exact) mass is 273 g/mol. The quantitative estimate of drug-likeness (QED) is 0.657. The second kappa shape index (κ2) is 4.38. The van der Waals surface area contributed by atoms with E-state index >= 15 is 0 Å². The zero-order chi connectivity index (χ0) is 8.97. The molecule has 0 aliphatic heterocycles. The summed E-state index contributed by atoms with van der Waals surface area (Å²) in [5.74, 6) is 0. The maximum atomic E-state index is 8.41. The zero-order valence-corrected chi connectivity index (χ0v) is 8.52. The third-order valence-electron chi connectivity index (χ3n) is 1.43. The molecule has 12 heavy (non-hydrogen) atoms. The number of nitrogens with zero attached hydrogens (tertiary/aromatic N) is 2. The molecule has 3 nitrogen and oxygen atoms in total. The molecule has 0 bridgehead atoms. The van der Waals surface area contributed by atoms with Crippen molar-refractivity contribution < 1.29 is 0 Å². The largest absolute Gasteiger partial charge is 0.322 e. The van der Waals surface area contributed by atoms with Gasteiger partial charge < -0.3 is 5.73 Å². The topological polar surface area (TPSA) is 62.7 Å². The Balaban J connectivity index is 2.82. The molecule has 0 unspecified atom stereocenters. The first-order chi connectivity index (χ1) is 5.74. The number of hydrogen-bond acceptors (Lipinski definition) is 3. The van der Waals surface area contributed by atoms with Crippen LogP contribution in [0.1, 0.15) is 18.2 Å². The van der Waals surface area contributed by atoms with Gasteiger partial charge in [0.25, 0.3) is 0 Å². The van der Waals surface area contributed by atoms with Crippen LogP contribution in [0.2, 0.25) is 0 Å². The van der Waals surface area contributed by atoms with Crippen LogP contribution < -0.4 is 5.73 Å². The Bertz CT molecular complexity index is 305. The van der Waals surface area contributed by atoms with Gasteiger partial charge in [-0.05, 0) is 34.7 Å². The fraction of sp³-hybridized carbons (Fsp3) is 0.250. The van der Waals surface area contributed by atoms with Crippen molar-refractivity contribution in [2.24, 2.45) is 5.73 Å². The molecular weight excluding hydrogens is 265 g/mol. The summed E-state index contributed by atoms with van der Waals surface area (Å²) < 4.78 is 0.901. The van der Waals surface area contributed by atoms with Gasteiger partial charge in [-0.3, -0.25) is 0 Å². The van der Waals surface area contributed by atoms with Crippen molar-refractivity contribution in [2.45, 2.75) is 12.5 Å². The first kappa shape index (κ1) is 9.42. The van der Waals surface area contributed by atoms with Crippen LogP contribution in [0, 0.1) is 15.0 Å². The molecule has 0 amide bonds. The summed E-state index contributed by atoms with van der Waals surface area (Å²) in [5, 5.41) is 8.41. The summed E-state index contributed by atoms with van der Waals surface area (Å²) in [7, 11) is 0. The van der Waals surface area contributed by atoms with Crippen LogP contribution in [-0.4, -0.2) is 4.98 Å². The van der Waals surface area contributed by atoms with E-state index in [2.05, 4.69) is 27.6 Å². The van der Waals surface area contributed by atoms with Crippen LogP contribution >= 0.6 is 22.6 Å². The van der Waals surface area contributed by atoms with Gasteiger partial charge >= 0.3 is 0 Å². The Kier molecular flexibility index (Phi) is 3.44. The molecule has 0 aliphatic rings. The molecule has 0 spiro atoms. The van der Waals surface area contributed by atoms with E-state index in [0.29, 0.717) is 6.42 Å². The van der Waals surface area contributed by atoms with Crippen LogP contribution in [0.3, 0.4) is 0 Å². The van der Waals surface area contributed by atoms with Gasteiger partial charge in [-0.2, -0.15) is 5.26 Å². The molecule has 4 heteroatoms. The maximum absolute atomic E-state index is 8.41. The van der Waals surface area contributed by atoms with Gasteiger partial charge in [-0.25, -0.2) is 4.98 Å². The normalized spacial score (nSPS) is 12.1. The van der Waals surface area contributed by atoms with Crippen molar-refractivity contribution in [3.8, 4) is 6.07 Å². The van der Waals surface area contributed by atoms with Crippen molar-refractivity contribution in [3.05, 3.63) is 27.6 Å². The van der Waals surface area contributed by atoms with Gasteiger partial charge in [0.2, 0.25) is 0 Å². The fourth-order valence-electron chi connectivity index (χ4n) is 0.833. The van der Waals surface area contributed by atoms with Gasteiger partial charge in [0.1, 0.15) is 3.70 Å². The van der Waals surface area contributed by atoms with E-state index in [1.54, 1.807) is 0 Å². The summed E-state index contributed by atoms with van der Waals surface area (Å²) in [6.07, 6.45) is 0.313. The summed E-state index contributed by atoms with van der Waals surface area (Å²) in [6.45, 7) is 0. The zero-order valence-electron chi connectivity index (χ0n) is 6.37. The SMILES string of the molecule is N#CC[C@H](N)c1cccc(I)n1. The molecule has 0 saturated heterocycles. The Morgan fingerprint density at radius 3 is 3.00 bits per heavy atom. The minimum absolute atomic E-state index is 0.260. The van der Waals surface area contributed by atoms with Crippen LogP contribution in [0.25, 0.3) is 0 Å².